The minimum atomic E-state index is -0.423. The van der Waals surface area contributed by atoms with Crippen molar-refractivity contribution in [3.63, 3.8) is 0 Å². The molecule has 0 bridgehead atoms. The number of primary amides is 1. The second kappa shape index (κ2) is 5.84. The van der Waals surface area contributed by atoms with Gasteiger partial charge in [-0.1, -0.05) is 6.92 Å². The van der Waals surface area contributed by atoms with Crippen LogP contribution in [0, 0.1) is 5.92 Å². The van der Waals surface area contributed by atoms with Crippen LogP contribution in [-0.4, -0.2) is 30.6 Å². The fourth-order valence-corrected chi connectivity index (χ4v) is 1.62. The van der Waals surface area contributed by atoms with E-state index >= 15 is 0 Å². The summed E-state index contributed by atoms with van der Waals surface area (Å²) in [5.41, 5.74) is 4.72. The fraction of sp³-hybridized carbons (Fsp3) is 0.818. The van der Waals surface area contributed by atoms with Crippen LogP contribution in [0.2, 0.25) is 0 Å². The summed E-state index contributed by atoms with van der Waals surface area (Å²) in [5.74, 6) is -0.901. The van der Waals surface area contributed by atoms with Gasteiger partial charge in [0.05, 0.1) is 13.0 Å². The molecule has 0 saturated heterocycles. The number of nitrogens with one attached hydrogen (secondary N) is 1. The number of esters is 1. The van der Waals surface area contributed by atoms with Gasteiger partial charge in [0.2, 0.25) is 5.91 Å². The third kappa shape index (κ3) is 5.11. The summed E-state index contributed by atoms with van der Waals surface area (Å²) in [6.07, 6.45) is 0.227. The molecule has 5 nitrogen and oxygen atoms in total. The molecule has 0 rings (SSSR count). The van der Waals surface area contributed by atoms with Crippen molar-refractivity contribution in [2.75, 3.05) is 7.11 Å². The van der Waals surface area contributed by atoms with Crippen LogP contribution >= 0.6 is 0 Å². The van der Waals surface area contributed by atoms with Gasteiger partial charge in [0.15, 0.2) is 0 Å². The monoisotopic (exact) mass is 230 g/mol. The molecule has 0 fully saturated rings. The van der Waals surface area contributed by atoms with Gasteiger partial charge >= 0.3 is 5.97 Å². The number of hydrogen-bond acceptors (Lipinski definition) is 4. The van der Waals surface area contributed by atoms with E-state index in [2.05, 4.69) is 10.1 Å². The van der Waals surface area contributed by atoms with E-state index in [0.29, 0.717) is 0 Å². The maximum absolute atomic E-state index is 11.3. The first-order valence-corrected chi connectivity index (χ1v) is 5.33. The Hall–Kier alpha value is -1.10. The minimum Gasteiger partial charge on any atom is -0.469 e. The summed E-state index contributed by atoms with van der Waals surface area (Å²) in [6, 6.07) is -0.0817. The summed E-state index contributed by atoms with van der Waals surface area (Å²) in [6.45, 7) is 7.41. The lowest BCUT2D eigenvalue weighted by atomic mass is 9.95. The van der Waals surface area contributed by atoms with E-state index in [1.165, 1.54) is 7.11 Å². The molecule has 3 N–H and O–H groups in total. The van der Waals surface area contributed by atoms with E-state index in [-0.39, 0.29) is 30.3 Å². The Morgan fingerprint density at radius 2 is 1.88 bits per heavy atom. The number of carbonyl (C=O) groups excluding carboxylic acids is 2. The SMILES string of the molecule is COC(=O)C(C)C(C)NC(C)(C)CC(N)=O. The smallest absolute Gasteiger partial charge is 0.309 e. The van der Waals surface area contributed by atoms with E-state index in [9.17, 15) is 9.59 Å². The van der Waals surface area contributed by atoms with Gasteiger partial charge in [0, 0.05) is 18.0 Å². The molecule has 1 amide bonds. The molecular formula is C11H22N2O3. The van der Waals surface area contributed by atoms with Crippen LogP contribution in [0.1, 0.15) is 34.1 Å². The number of nitrogens with two attached hydrogens (primary N) is 1. The van der Waals surface area contributed by atoms with Gasteiger partial charge in [-0.05, 0) is 20.8 Å². The largest absolute Gasteiger partial charge is 0.469 e. The summed E-state index contributed by atoms with van der Waals surface area (Å²) < 4.78 is 4.66. The average molecular weight is 230 g/mol. The first-order chi connectivity index (χ1) is 7.19. The first kappa shape index (κ1) is 14.9. The summed E-state index contributed by atoms with van der Waals surface area (Å²) >= 11 is 0. The van der Waals surface area contributed by atoms with E-state index in [0.717, 1.165) is 0 Å². The van der Waals surface area contributed by atoms with Crippen molar-refractivity contribution in [3.05, 3.63) is 0 Å². The maximum Gasteiger partial charge on any atom is 0.309 e. The lowest BCUT2D eigenvalue weighted by Crippen LogP contribution is -2.50. The van der Waals surface area contributed by atoms with Gasteiger partial charge < -0.3 is 15.8 Å². The highest BCUT2D eigenvalue weighted by molar-refractivity contribution is 5.75. The van der Waals surface area contributed by atoms with Crippen LogP contribution in [0.25, 0.3) is 0 Å². The molecule has 0 spiro atoms. The zero-order valence-corrected chi connectivity index (χ0v) is 10.7. The summed E-state index contributed by atoms with van der Waals surface area (Å²) in [7, 11) is 1.36. The highest BCUT2D eigenvalue weighted by Crippen LogP contribution is 2.13. The predicted octanol–water partition coefficient (Wildman–Crippen LogP) is 0.428. The number of ether oxygens (including phenoxy) is 1. The van der Waals surface area contributed by atoms with Crippen LogP contribution in [-0.2, 0) is 14.3 Å². The van der Waals surface area contributed by atoms with Gasteiger partial charge in [-0.3, -0.25) is 9.59 Å². The Morgan fingerprint density at radius 1 is 1.38 bits per heavy atom. The Morgan fingerprint density at radius 3 is 2.25 bits per heavy atom. The lowest BCUT2D eigenvalue weighted by Gasteiger charge is -2.31. The second-order valence-corrected chi connectivity index (χ2v) is 4.77. The molecule has 0 aromatic heterocycles. The van der Waals surface area contributed by atoms with Crippen molar-refractivity contribution in [1.82, 2.24) is 5.32 Å². The van der Waals surface area contributed by atoms with Crippen molar-refractivity contribution >= 4 is 11.9 Å². The van der Waals surface area contributed by atoms with Crippen molar-refractivity contribution < 1.29 is 14.3 Å². The highest BCUT2D eigenvalue weighted by Gasteiger charge is 2.28. The standard InChI is InChI=1S/C11H22N2O3/c1-7(10(15)16-5)8(2)13-11(3,4)6-9(12)14/h7-8,13H,6H2,1-5H3,(H2,12,14). The number of amides is 1. The van der Waals surface area contributed by atoms with Crippen LogP contribution in [0.3, 0.4) is 0 Å². The molecule has 0 aliphatic carbocycles. The molecule has 0 heterocycles. The zero-order chi connectivity index (χ0) is 12.9. The van der Waals surface area contributed by atoms with Crippen LogP contribution in [0.4, 0.5) is 0 Å². The van der Waals surface area contributed by atoms with Crippen molar-refractivity contribution in [3.8, 4) is 0 Å². The topological polar surface area (TPSA) is 81.4 Å². The third-order valence-electron chi connectivity index (χ3n) is 2.56. The highest BCUT2D eigenvalue weighted by atomic mass is 16.5. The van der Waals surface area contributed by atoms with E-state index in [4.69, 9.17) is 5.73 Å². The van der Waals surface area contributed by atoms with Crippen LogP contribution in [0.5, 0.6) is 0 Å². The number of rotatable bonds is 6. The predicted molar refractivity (Wildman–Crippen MR) is 61.7 cm³/mol. The molecule has 0 aliphatic heterocycles. The molecule has 16 heavy (non-hydrogen) atoms. The van der Waals surface area contributed by atoms with Gasteiger partial charge in [-0.15, -0.1) is 0 Å². The maximum atomic E-state index is 11.3. The fourth-order valence-electron chi connectivity index (χ4n) is 1.62. The molecule has 0 aromatic rings. The Labute approximate surface area is 96.7 Å². The average Bonchev–Trinajstić information content (AvgIpc) is 2.12. The number of hydrogen-bond donors (Lipinski definition) is 2. The number of carbonyl (C=O) groups is 2. The zero-order valence-electron chi connectivity index (χ0n) is 10.7. The summed E-state index contributed by atoms with van der Waals surface area (Å²) in [4.78, 5) is 22.2. The van der Waals surface area contributed by atoms with Gasteiger partial charge in [-0.25, -0.2) is 0 Å². The molecule has 0 aliphatic rings. The lowest BCUT2D eigenvalue weighted by molar-refractivity contribution is -0.145. The van der Waals surface area contributed by atoms with E-state index < -0.39 is 5.54 Å². The molecule has 5 heteroatoms. The van der Waals surface area contributed by atoms with Crippen LogP contribution in [0.15, 0.2) is 0 Å². The Balaban J connectivity index is 4.37. The van der Waals surface area contributed by atoms with Gasteiger partial charge in [0.25, 0.3) is 0 Å². The molecule has 0 radical (unpaired) electrons. The Bertz CT molecular complexity index is 264. The molecule has 0 saturated carbocycles. The van der Waals surface area contributed by atoms with Crippen molar-refractivity contribution in [2.24, 2.45) is 11.7 Å². The van der Waals surface area contributed by atoms with Crippen LogP contribution < -0.4 is 11.1 Å². The van der Waals surface area contributed by atoms with E-state index in [1.807, 2.05) is 20.8 Å². The molecule has 2 unspecified atom stereocenters. The second-order valence-electron chi connectivity index (χ2n) is 4.77. The molecule has 0 aromatic carbocycles. The minimum absolute atomic E-state index is 0.0817. The molecular weight excluding hydrogens is 208 g/mol. The Kier molecular flexibility index (Phi) is 5.44. The normalized spacial score (nSPS) is 15.3. The quantitative estimate of drug-likeness (QED) is 0.648. The molecule has 2 atom stereocenters. The third-order valence-corrected chi connectivity index (χ3v) is 2.56. The van der Waals surface area contributed by atoms with Gasteiger partial charge in [0.1, 0.15) is 0 Å². The first-order valence-electron chi connectivity index (χ1n) is 5.33. The number of methoxy groups -OCH3 is 1. The summed E-state index contributed by atoms with van der Waals surface area (Å²) in [5, 5.41) is 3.20. The van der Waals surface area contributed by atoms with Gasteiger partial charge in [-0.2, -0.15) is 0 Å². The van der Waals surface area contributed by atoms with E-state index in [1.54, 1.807) is 6.92 Å². The molecule has 94 valence electrons. The van der Waals surface area contributed by atoms with Crippen molar-refractivity contribution in [1.29, 1.82) is 0 Å². The van der Waals surface area contributed by atoms with Crippen molar-refractivity contribution in [2.45, 2.75) is 45.7 Å².